The molecular weight excluding hydrogens is 322 g/mol. The molecule has 0 aliphatic rings. The molecule has 4 nitrogen and oxygen atoms in total. The fourth-order valence-electron chi connectivity index (χ4n) is 2.51. The second-order valence-electron chi connectivity index (χ2n) is 5.53. The van der Waals surface area contributed by atoms with Gasteiger partial charge in [-0.25, -0.2) is 13.1 Å². The largest absolute Gasteiger partial charge is 0.395 e. The number of sulfonamides is 1. The summed E-state index contributed by atoms with van der Waals surface area (Å²) < 4.78 is 27.4. The van der Waals surface area contributed by atoms with E-state index in [2.05, 4.69) is 11.6 Å². The van der Waals surface area contributed by atoms with Crippen LogP contribution >= 0.6 is 11.6 Å². The number of benzene rings is 1. The molecule has 0 bridgehead atoms. The molecule has 0 aromatic heterocycles. The normalized spacial score (nSPS) is 14.7. The second-order valence-corrected chi connectivity index (χ2v) is 7.68. The van der Waals surface area contributed by atoms with Crippen molar-refractivity contribution in [2.24, 2.45) is 5.92 Å². The minimum absolute atomic E-state index is 0.138. The highest BCUT2D eigenvalue weighted by atomic mass is 35.5. The SMILES string of the molecule is CCCCC[C@H](CC)[C@@H](CO)NS(=O)(=O)c1ccc(Cl)cc1. The van der Waals surface area contributed by atoms with Crippen LogP contribution in [0.15, 0.2) is 29.2 Å². The third-order valence-electron chi connectivity index (χ3n) is 3.90. The fourth-order valence-corrected chi connectivity index (χ4v) is 3.93. The van der Waals surface area contributed by atoms with Gasteiger partial charge in [-0.3, -0.25) is 0 Å². The number of hydrogen-bond acceptors (Lipinski definition) is 3. The zero-order valence-electron chi connectivity index (χ0n) is 13.3. The molecule has 0 spiro atoms. The van der Waals surface area contributed by atoms with Crippen molar-refractivity contribution in [3.63, 3.8) is 0 Å². The van der Waals surface area contributed by atoms with E-state index in [4.69, 9.17) is 11.6 Å². The first-order chi connectivity index (χ1) is 10.4. The van der Waals surface area contributed by atoms with Crippen LogP contribution in [0.4, 0.5) is 0 Å². The predicted molar refractivity (Wildman–Crippen MR) is 90.6 cm³/mol. The summed E-state index contributed by atoms with van der Waals surface area (Å²) in [6, 6.07) is 5.57. The van der Waals surface area contributed by atoms with E-state index < -0.39 is 16.1 Å². The van der Waals surface area contributed by atoms with E-state index >= 15 is 0 Å². The van der Waals surface area contributed by atoms with Crippen LogP contribution in [0.5, 0.6) is 0 Å². The quantitative estimate of drug-likeness (QED) is 0.636. The van der Waals surface area contributed by atoms with Crippen LogP contribution in [0.1, 0.15) is 46.0 Å². The van der Waals surface area contributed by atoms with Gasteiger partial charge in [0.25, 0.3) is 0 Å². The maximum Gasteiger partial charge on any atom is 0.240 e. The molecular formula is C16H26ClNO3S. The van der Waals surface area contributed by atoms with Gasteiger partial charge in [0.1, 0.15) is 0 Å². The Morgan fingerprint density at radius 1 is 1.18 bits per heavy atom. The lowest BCUT2D eigenvalue weighted by Crippen LogP contribution is -2.42. The van der Waals surface area contributed by atoms with Gasteiger partial charge in [-0.05, 0) is 36.6 Å². The van der Waals surface area contributed by atoms with Crippen molar-refractivity contribution in [3.05, 3.63) is 29.3 Å². The molecule has 1 rings (SSSR count). The molecule has 126 valence electrons. The van der Waals surface area contributed by atoms with E-state index in [9.17, 15) is 13.5 Å². The molecule has 1 aromatic carbocycles. The maximum atomic E-state index is 12.4. The van der Waals surface area contributed by atoms with Gasteiger partial charge in [-0.15, -0.1) is 0 Å². The summed E-state index contributed by atoms with van der Waals surface area (Å²) >= 11 is 5.78. The summed E-state index contributed by atoms with van der Waals surface area (Å²) in [4.78, 5) is 0.166. The van der Waals surface area contributed by atoms with Gasteiger partial charge in [0, 0.05) is 11.1 Å². The Bertz CT molecular complexity index is 531. The van der Waals surface area contributed by atoms with E-state index in [1.807, 2.05) is 6.92 Å². The summed E-state index contributed by atoms with van der Waals surface area (Å²) in [7, 11) is -3.64. The zero-order chi connectivity index (χ0) is 16.6. The molecule has 0 saturated carbocycles. The van der Waals surface area contributed by atoms with Crippen molar-refractivity contribution in [2.45, 2.75) is 56.9 Å². The Morgan fingerprint density at radius 3 is 2.32 bits per heavy atom. The fraction of sp³-hybridized carbons (Fsp3) is 0.625. The van der Waals surface area contributed by atoms with Crippen LogP contribution in [0, 0.1) is 5.92 Å². The number of hydrogen-bond donors (Lipinski definition) is 2. The number of aliphatic hydroxyl groups is 1. The van der Waals surface area contributed by atoms with Gasteiger partial charge in [0.15, 0.2) is 0 Å². The van der Waals surface area contributed by atoms with Gasteiger partial charge in [0.05, 0.1) is 11.5 Å². The second kappa shape index (κ2) is 9.50. The summed E-state index contributed by atoms with van der Waals surface area (Å²) in [5, 5.41) is 10.1. The first-order valence-corrected chi connectivity index (χ1v) is 9.69. The van der Waals surface area contributed by atoms with Crippen LogP contribution in [0.25, 0.3) is 0 Å². The average Bonchev–Trinajstić information content (AvgIpc) is 2.50. The van der Waals surface area contributed by atoms with Gasteiger partial charge in [-0.1, -0.05) is 51.1 Å². The van der Waals surface area contributed by atoms with E-state index in [-0.39, 0.29) is 17.4 Å². The summed E-state index contributed by atoms with van der Waals surface area (Å²) in [5.74, 6) is 0.138. The molecule has 0 aliphatic heterocycles. The van der Waals surface area contributed by atoms with Crippen LogP contribution in [-0.4, -0.2) is 26.2 Å². The smallest absolute Gasteiger partial charge is 0.240 e. The van der Waals surface area contributed by atoms with Crippen LogP contribution in [0.3, 0.4) is 0 Å². The molecule has 22 heavy (non-hydrogen) atoms. The highest BCUT2D eigenvalue weighted by Gasteiger charge is 2.25. The average molecular weight is 348 g/mol. The third-order valence-corrected chi connectivity index (χ3v) is 5.66. The number of aliphatic hydroxyl groups excluding tert-OH is 1. The Morgan fingerprint density at radius 2 is 1.82 bits per heavy atom. The van der Waals surface area contributed by atoms with Gasteiger partial charge >= 0.3 is 0 Å². The first-order valence-electron chi connectivity index (χ1n) is 7.83. The van der Waals surface area contributed by atoms with Crippen molar-refractivity contribution < 1.29 is 13.5 Å². The molecule has 0 radical (unpaired) electrons. The van der Waals surface area contributed by atoms with Gasteiger partial charge < -0.3 is 5.11 Å². The molecule has 0 aliphatic carbocycles. The van der Waals surface area contributed by atoms with Crippen molar-refractivity contribution in [1.29, 1.82) is 0 Å². The summed E-state index contributed by atoms with van der Waals surface area (Å²) in [6.07, 6.45) is 5.04. The monoisotopic (exact) mass is 347 g/mol. The Balaban J connectivity index is 2.79. The number of rotatable bonds is 10. The van der Waals surface area contributed by atoms with E-state index in [0.717, 1.165) is 32.1 Å². The van der Waals surface area contributed by atoms with Crippen molar-refractivity contribution in [1.82, 2.24) is 4.72 Å². The van der Waals surface area contributed by atoms with Crippen molar-refractivity contribution >= 4 is 21.6 Å². The number of nitrogens with one attached hydrogen (secondary N) is 1. The van der Waals surface area contributed by atoms with Crippen LogP contribution in [0.2, 0.25) is 5.02 Å². The molecule has 0 saturated heterocycles. The molecule has 2 N–H and O–H groups in total. The van der Waals surface area contributed by atoms with Crippen molar-refractivity contribution in [2.75, 3.05) is 6.61 Å². The Labute approximate surface area is 138 Å². The Hall–Kier alpha value is -0.620. The topological polar surface area (TPSA) is 66.4 Å². The highest BCUT2D eigenvalue weighted by molar-refractivity contribution is 7.89. The van der Waals surface area contributed by atoms with Crippen LogP contribution < -0.4 is 4.72 Å². The maximum absolute atomic E-state index is 12.4. The standard InChI is InChI=1S/C16H26ClNO3S/c1-3-5-6-7-13(4-2)16(12-19)18-22(20,21)15-10-8-14(17)9-11-15/h8-11,13,16,18-19H,3-7,12H2,1-2H3/t13-,16+/m0/s1. The molecule has 1 aromatic rings. The molecule has 0 heterocycles. The summed E-state index contributed by atoms with van der Waals surface area (Å²) in [5.41, 5.74) is 0. The molecule has 0 amide bonds. The molecule has 0 fully saturated rings. The van der Waals surface area contributed by atoms with Crippen LogP contribution in [-0.2, 0) is 10.0 Å². The third kappa shape index (κ3) is 5.88. The highest BCUT2D eigenvalue weighted by Crippen LogP contribution is 2.20. The van der Waals surface area contributed by atoms with E-state index in [0.29, 0.717) is 5.02 Å². The minimum Gasteiger partial charge on any atom is -0.395 e. The Kier molecular flexibility index (Phi) is 8.39. The van der Waals surface area contributed by atoms with E-state index in [1.165, 1.54) is 12.1 Å². The zero-order valence-corrected chi connectivity index (χ0v) is 14.8. The molecule has 0 unspecified atom stereocenters. The van der Waals surface area contributed by atoms with Gasteiger partial charge in [0.2, 0.25) is 10.0 Å². The van der Waals surface area contributed by atoms with E-state index in [1.54, 1.807) is 12.1 Å². The number of halogens is 1. The minimum atomic E-state index is -3.64. The molecule has 2 atom stereocenters. The van der Waals surface area contributed by atoms with Crippen molar-refractivity contribution in [3.8, 4) is 0 Å². The lowest BCUT2D eigenvalue weighted by Gasteiger charge is -2.25. The first kappa shape index (κ1) is 19.4. The predicted octanol–water partition coefficient (Wildman–Crippen LogP) is 3.59. The lowest BCUT2D eigenvalue weighted by molar-refractivity contribution is 0.204. The molecule has 6 heteroatoms. The lowest BCUT2D eigenvalue weighted by atomic mass is 9.92. The number of unbranched alkanes of at least 4 members (excludes halogenated alkanes) is 2. The van der Waals surface area contributed by atoms with Gasteiger partial charge in [-0.2, -0.15) is 0 Å². The summed E-state index contributed by atoms with van der Waals surface area (Å²) in [6.45, 7) is 3.96.